The molecule has 1 aromatic carbocycles. The van der Waals surface area contributed by atoms with Gasteiger partial charge in [-0.25, -0.2) is 4.98 Å². The van der Waals surface area contributed by atoms with Crippen molar-refractivity contribution in [2.45, 2.75) is 65.8 Å². The molecule has 38 heavy (non-hydrogen) atoms. The van der Waals surface area contributed by atoms with Crippen molar-refractivity contribution in [3.63, 3.8) is 0 Å². The first kappa shape index (κ1) is 28.0. The number of carbonyl (C=O) groups is 1. The van der Waals surface area contributed by atoms with Gasteiger partial charge in [-0.1, -0.05) is 19.9 Å². The van der Waals surface area contributed by atoms with Crippen molar-refractivity contribution in [2.24, 2.45) is 18.9 Å². The Labute approximate surface area is 223 Å². The van der Waals surface area contributed by atoms with Gasteiger partial charge in [0.1, 0.15) is 11.9 Å². The molecule has 9 nitrogen and oxygen atoms in total. The molecule has 0 spiro atoms. The van der Waals surface area contributed by atoms with E-state index in [4.69, 9.17) is 14.5 Å². The van der Waals surface area contributed by atoms with E-state index >= 15 is 0 Å². The number of aromatic nitrogens is 3. The molecule has 206 valence electrons. The second kappa shape index (κ2) is 12.2. The first-order valence-corrected chi connectivity index (χ1v) is 13.5. The molecule has 3 atom stereocenters. The van der Waals surface area contributed by atoms with Crippen LogP contribution < -0.4 is 10.9 Å². The predicted molar refractivity (Wildman–Crippen MR) is 147 cm³/mol. The van der Waals surface area contributed by atoms with Gasteiger partial charge < -0.3 is 23.7 Å². The maximum atomic E-state index is 12.5. The highest BCUT2D eigenvalue weighted by atomic mass is 16.5. The van der Waals surface area contributed by atoms with E-state index < -0.39 is 18.1 Å². The third-order valence-electron chi connectivity index (χ3n) is 6.95. The molecule has 2 aromatic heterocycles. The van der Waals surface area contributed by atoms with E-state index in [0.717, 1.165) is 60.6 Å². The number of nitrogens with one attached hydrogen (secondary N) is 1. The second-order valence-electron chi connectivity index (χ2n) is 10.9. The number of esters is 1. The van der Waals surface area contributed by atoms with E-state index in [0.29, 0.717) is 24.6 Å². The number of imidazole rings is 1. The lowest BCUT2D eigenvalue weighted by molar-refractivity contribution is -0.150. The van der Waals surface area contributed by atoms with Gasteiger partial charge >= 0.3 is 5.97 Å². The lowest BCUT2D eigenvalue weighted by atomic mass is 10.0. The summed E-state index contributed by atoms with van der Waals surface area (Å²) in [4.78, 5) is 29.8. The Kier molecular flexibility index (Phi) is 9.02. The van der Waals surface area contributed by atoms with Crippen LogP contribution in [0.2, 0.25) is 0 Å². The van der Waals surface area contributed by atoms with Gasteiger partial charge in [0, 0.05) is 50.0 Å². The number of aryl methyl sites for hydroxylation is 2. The third kappa shape index (κ3) is 6.51. The quantitative estimate of drug-likeness (QED) is 0.392. The molecule has 3 heterocycles. The highest BCUT2D eigenvalue weighted by molar-refractivity contribution is 5.81. The van der Waals surface area contributed by atoms with E-state index in [1.807, 2.05) is 45.2 Å². The molecule has 2 N–H and O–H groups in total. The lowest BCUT2D eigenvalue weighted by Crippen LogP contribution is -2.45. The zero-order chi connectivity index (χ0) is 27.4. The summed E-state index contributed by atoms with van der Waals surface area (Å²) in [5.41, 5.74) is 4.31. The van der Waals surface area contributed by atoms with Gasteiger partial charge in [0.05, 0.1) is 30.4 Å². The number of benzene rings is 1. The minimum atomic E-state index is -0.894. The number of nitrogens with zero attached hydrogens (tertiary/aromatic N) is 3. The molecular formula is C29H40N4O5. The fourth-order valence-electron chi connectivity index (χ4n) is 4.92. The first-order valence-electron chi connectivity index (χ1n) is 13.5. The molecule has 1 saturated heterocycles. The maximum Gasteiger partial charge on any atom is 0.325 e. The highest BCUT2D eigenvalue weighted by Gasteiger charge is 2.25. The van der Waals surface area contributed by atoms with E-state index in [9.17, 15) is 14.7 Å². The van der Waals surface area contributed by atoms with Crippen LogP contribution in [0.4, 0.5) is 0 Å². The third-order valence-corrected chi connectivity index (χ3v) is 6.95. The molecule has 0 aliphatic carbocycles. The van der Waals surface area contributed by atoms with Crippen molar-refractivity contribution in [3.8, 4) is 11.4 Å². The molecule has 0 bridgehead atoms. The molecule has 1 aliphatic rings. The largest absolute Gasteiger partial charge is 0.464 e. The summed E-state index contributed by atoms with van der Waals surface area (Å²) >= 11 is 0. The van der Waals surface area contributed by atoms with Crippen LogP contribution in [0, 0.1) is 18.8 Å². The van der Waals surface area contributed by atoms with Crippen LogP contribution in [0.1, 0.15) is 44.7 Å². The van der Waals surface area contributed by atoms with Crippen LogP contribution >= 0.6 is 0 Å². The fourth-order valence-corrected chi connectivity index (χ4v) is 4.92. The van der Waals surface area contributed by atoms with Gasteiger partial charge in [-0.05, 0) is 56.4 Å². The van der Waals surface area contributed by atoms with E-state index in [2.05, 4.69) is 16.0 Å². The molecule has 3 aromatic rings. The Morgan fingerprint density at radius 2 is 2.08 bits per heavy atom. The number of aliphatic hydroxyl groups excluding tert-OH is 1. The monoisotopic (exact) mass is 524 g/mol. The van der Waals surface area contributed by atoms with Crippen LogP contribution in [-0.2, 0) is 34.4 Å². The average molecular weight is 525 g/mol. The van der Waals surface area contributed by atoms with Gasteiger partial charge in [0.25, 0.3) is 5.56 Å². The standard InChI is InChI=1S/C29H40N4O5/c1-18(2)16-38-29(36)26(20(4)34)30-13-21-8-9-25-24(12-21)31-27(23-11-19(3)28(35)32(5)15-23)33(25)14-22-7-6-10-37-17-22/h8-9,11-12,15,18,20,22,26,30,34H,6-7,10,13-14,16-17H2,1-5H3/t20-,22-,26+/m1/s1. The van der Waals surface area contributed by atoms with Gasteiger partial charge in [0.2, 0.25) is 0 Å². The van der Waals surface area contributed by atoms with Crippen LogP contribution in [0.3, 0.4) is 0 Å². The molecule has 0 unspecified atom stereocenters. The first-order chi connectivity index (χ1) is 18.1. The summed E-state index contributed by atoms with van der Waals surface area (Å²) in [5, 5.41) is 13.3. The topological polar surface area (TPSA) is 108 Å². The second-order valence-corrected chi connectivity index (χ2v) is 10.9. The van der Waals surface area contributed by atoms with Crippen LogP contribution in [0.5, 0.6) is 0 Å². The van der Waals surface area contributed by atoms with E-state index in [-0.39, 0.29) is 11.5 Å². The highest BCUT2D eigenvalue weighted by Crippen LogP contribution is 2.28. The van der Waals surface area contributed by atoms with Gasteiger partial charge in [0.15, 0.2) is 0 Å². The number of fused-ring (bicyclic) bond motifs is 1. The summed E-state index contributed by atoms with van der Waals surface area (Å²) in [6, 6.07) is 7.15. The molecule has 1 fully saturated rings. The van der Waals surface area contributed by atoms with Gasteiger partial charge in [-0.15, -0.1) is 0 Å². The number of carbonyl (C=O) groups excluding carboxylic acids is 1. The van der Waals surface area contributed by atoms with Crippen molar-refractivity contribution in [1.29, 1.82) is 0 Å². The Balaban J connectivity index is 1.64. The number of ether oxygens (including phenoxy) is 2. The van der Waals surface area contributed by atoms with E-state index in [1.165, 1.54) is 0 Å². The molecule has 0 saturated carbocycles. The van der Waals surface area contributed by atoms with Crippen molar-refractivity contribution in [1.82, 2.24) is 19.4 Å². The Morgan fingerprint density at radius 1 is 1.29 bits per heavy atom. The number of hydrogen-bond acceptors (Lipinski definition) is 7. The van der Waals surface area contributed by atoms with Crippen molar-refractivity contribution in [3.05, 3.63) is 51.9 Å². The summed E-state index contributed by atoms with van der Waals surface area (Å²) in [6.45, 7) is 10.3. The van der Waals surface area contributed by atoms with Gasteiger partial charge in [-0.3, -0.25) is 14.9 Å². The van der Waals surface area contributed by atoms with Crippen molar-refractivity contribution >= 4 is 17.0 Å². The summed E-state index contributed by atoms with van der Waals surface area (Å²) in [6.07, 6.45) is 3.09. The Hall–Kier alpha value is -3.01. The van der Waals surface area contributed by atoms with E-state index in [1.54, 1.807) is 18.5 Å². The van der Waals surface area contributed by atoms with Crippen molar-refractivity contribution in [2.75, 3.05) is 19.8 Å². The smallest absolute Gasteiger partial charge is 0.325 e. The van der Waals surface area contributed by atoms with Crippen LogP contribution in [0.15, 0.2) is 35.3 Å². The van der Waals surface area contributed by atoms with Crippen molar-refractivity contribution < 1.29 is 19.4 Å². The molecule has 0 amide bonds. The Morgan fingerprint density at radius 3 is 2.74 bits per heavy atom. The summed E-state index contributed by atoms with van der Waals surface area (Å²) < 4.78 is 14.9. The molecular weight excluding hydrogens is 484 g/mol. The summed E-state index contributed by atoms with van der Waals surface area (Å²) in [5.74, 6) is 0.962. The number of hydrogen-bond donors (Lipinski definition) is 2. The SMILES string of the molecule is Cc1cc(-c2nc3cc(CN[C@H](C(=O)OCC(C)C)[C@@H](C)O)ccc3n2C[C@H]2CCCOC2)cn(C)c1=O. The average Bonchev–Trinajstić information content (AvgIpc) is 3.23. The maximum absolute atomic E-state index is 12.5. The minimum absolute atomic E-state index is 0.0231. The minimum Gasteiger partial charge on any atom is -0.464 e. The van der Waals surface area contributed by atoms with Crippen LogP contribution in [0.25, 0.3) is 22.4 Å². The van der Waals surface area contributed by atoms with Gasteiger partial charge in [-0.2, -0.15) is 0 Å². The normalized spacial score (nSPS) is 17.6. The number of rotatable bonds is 10. The zero-order valence-electron chi connectivity index (χ0n) is 23.1. The lowest BCUT2D eigenvalue weighted by Gasteiger charge is -2.23. The fraction of sp³-hybridized carbons (Fsp3) is 0.552. The number of aliphatic hydroxyl groups is 1. The molecule has 4 rings (SSSR count). The number of pyridine rings is 1. The zero-order valence-corrected chi connectivity index (χ0v) is 23.1. The molecule has 0 radical (unpaired) electrons. The summed E-state index contributed by atoms with van der Waals surface area (Å²) in [7, 11) is 1.76. The molecule has 1 aliphatic heterocycles. The predicted octanol–water partition coefficient (Wildman–Crippen LogP) is 3.18. The van der Waals surface area contributed by atoms with Crippen LogP contribution in [-0.4, -0.2) is 57.2 Å². The Bertz CT molecular complexity index is 1290. The molecule has 9 heteroatoms.